The van der Waals surface area contributed by atoms with Gasteiger partial charge in [-0.1, -0.05) is 24.3 Å². The van der Waals surface area contributed by atoms with Crippen LogP contribution in [0.4, 0.5) is 20.2 Å². The molecule has 1 heterocycles. The van der Waals surface area contributed by atoms with Crippen LogP contribution in [0.15, 0.2) is 54.7 Å². The molecule has 0 atom stereocenters. The minimum absolute atomic E-state index is 0.0665. The van der Waals surface area contributed by atoms with Crippen molar-refractivity contribution in [1.82, 2.24) is 4.98 Å². The molecule has 3 rings (SSSR count). The van der Waals surface area contributed by atoms with Crippen LogP contribution in [0.1, 0.15) is 6.42 Å². The van der Waals surface area contributed by atoms with Gasteiger partial charge in [0.25, 0.3) is 0 Å². The first-order valence-electron chi connectivity index (χ1n) is 7.46. The van der Waals surface area contributed by atoms with Crippen molar-refractivity contribution in [2.75, 3.05) is 17.2 Å². The van der Waals surface area contributed by atoms with E-state index in [1.807, 2.05) is 30.3 Å². The number of hydrogen-bond acceptors (Lipinski definition) is 3. The fourth-order valence-corrected chi connectivity index (χ4v) is 2.38. The quantitative estimate of drug-likeness (QED) is 0.746. The van der Waals surface area contributed by atoms with E-state index < -0.39 is 23.2 Å². The number of anilines is 2. The van der Waals surface area contributed by atoms with Crippen molar-refractivity contribution in [1.29, 1.82) is 0 Å². The number of benzene rings is 2. The Kier molecular flexibility index (Phi) is 4.65. The lowest BCUT2D eigenvalue weighted by Crippen LogP contribution is -2.18. The highest BCUT2D eigenvalue weighted by Gasteiger charge is 2.11. The van der Waals surface area contributed by atoms with Gasteiger partial charge in [0.15, 0.2) is 0 Å². The molecule has 0 aliphatic rings. The maximum Gasteiger partial charge on any atom is 0.226 e. The molecule has 3 aromatic rings. The second-order valence-electron chi connectivity index (χ2n) is 5.20. The van der Waals surface area contributed by atoms with Gasteiger partial charge >= 0.3 is 0 Å². The largest absolute Gasteiger partial charge is 0.383 e. The van der Waals surface area contributed by atoms with Crippen LogP contribution in [0.25, 0.3) is 10.9 Å². The fourth-order valence-electron chi connectivity index (χ4n) is 2.38. The van der Waals surface area contributed by atoms with Crippen LogP contribution >= 0.6 is 0 Å². The molecule has 0 fully saturated rings. The van der Waals surface area contributed by atoms with Crippen molar-refractivity contribution in [3.05, 3.63) is 66.4 Å². The number of fused-ring (bicyclic) bond motifs is 1. The Labute approximate surface area is 137 Å². The van der Waals surface area contributed by atoms with Crippen molar-refractivity contribution < 1.29 is 13.6 Å². The number of nitrogens with zero attached hydrogens (tertiary/aromatic N) is 1. The van der Waals surface area contributed by atoms with Gasteiger partial charge in [0.2, 0.25) is 5.91 Å². The highest BCUT2D eigenvalue weighted by atomic mass is 19.1. The Bertz CT molecular complexity index is 858. The van der Waals surface area contributed by atoms with Crippen LogP contribution in [0.5, 0.6) is 0 Å². The van der Waals surface area contributed by atoms with Crippen LogP contribution < -0.4 is 10.6 Å². The standard InChI is InChI=1S/C18H15F2N3O/c19-13-6-2-7-14(20)18(13)23-16(24)9-11-21-15-8-1-4-12-5-3-10-22-17(12)15/h1-8,10,21H,9,11H2,(H,23,24). The van der Waals surface area contributed by atoms with Gasteiger partial charge in [-0.3, -0.25) is 9.78 Å². The second kappa shape index (κ2) is 7.04. The zero-order valence-corrected chi connectivity index (χ0v) is 12.7. The summed E-state index contributed by atoms with van der Waals surface area (Å²) >= 11 is 0. The van der Waals surface area contributed by atoms with E-state index in [2.05, 4.69) is 15.6 Å². The van der Waals surface area contributed by atoms with Gasteiger partial charge in [0.05, 0.1) is 11.2 Å². The van der Waals surface area contributed by atoms with Gasteiger partial charge in [-0.25, -0.2) is 8.78 Å². The van der Waals surface area contributed by atoms with E-state index in [1.165, 1.54) is 6.07 Å². The number of hydrogen-bond donors (Lipinski definition) is 2. The summed E-state index contributed by atoms with van der Waals surface area (Å²) < 4.78 is 27.0. The molecule has 1 aromatic heterocycles. The van der Waals surface area contributed by atoms with Crippen molar-refractivity contribution in [3.8, 4) is 0 Å². The highest BCUT2D eigenvalue weighted by molar-refractivity contribution is 5.92. The van der Waals surface area contributed by atoms with Gasteiger partial charge in [-0.2, -0.15) is 0 Å². The van der Waals surface area contributed by atoms with Crippen LogP contribution in [0.2, 0.25) is 0 Å². The highest BCUT2D eigenvalue weighted by Crippen LogP contribution is 2.21. The Morgan fingerprint density at radius 1 is 1.00 bits per heavy atom. The van der Waals surface area contributed by atoms with Crippen LogP contribution in [0.3, 0.4) is 0 Å². The van der Waals surface area contributed by atoms with Gasteiger partial charge in [-0.05, 0) is 24.3 Å². The molecule has 0 aliphatic carbocycles. The number of halogens is 2. The lowest BCUT2D eigenvalue weighted by molar-refractivity contribution is -0.116. The molecule has 4 nitrogen and oxygen atoms in total. The second-order valence-corrected chi connectivity index (χ2v) is 5.20. The monoisotopic (exact) mass is 327 g/mol. The third-order valence-corrected chi connectivity index (χ3v) is 3.53. The molecule has 0 unspecified atom stereocenters. The fraction of sp³-hybridized carbons (Fsp3) is 0.111. The number of aromatic nitrogens is 1. The minimum atomic E-state index is -0.797. The van der Waals surface area contributed by atoms with E-state index in [9.17, 15) is 13.6 Å². The Balaban J connectivity index is 1.61. The summed E-state index contributed by atoms with van der Waals surface area (Å²) in [4.78, 5) is 16.2. The third-order valence-electron chi connectivity index (χ3n) is 3.53. The van der Waals surface area contributed by atoms with Gasteiger partial charge in [0, 0.05) is 24.5 Å². The lowest BCUT2D eigenvalue weighted by Gasteiger charge is -2.10. The zero-order chi connectivity index (χ0) is 16.9. The Morgan fingerprint density at radius 2 is 1.71 bits per heavy atom. The minimum Gasteiger partial charge on any atom is -0.383 e. The summed E-state index contributed by atoms with van der Waals surface area (Å²) in [6, 6.07) is 12.9. The molecule has 0 saturated heterocycles. The van der Waals surface area contributed by atoms with E-state index in [-0.39, 0.29) is 6.42 Å². The number of pyridine rings is 1. The molecule has 2 aromatic carbocycles. The number of nitrogens with one attached hydrogen (secondary N) is 2. The van der Waals surface area contributed by atoms with Crippen molar-refractivity contribution >= 4 is 28.2 Å². The molecule has 24 heavy (non-hydrogen) atoms. The molecule has 0 spiro atoms. The van der Waals surface area contributed by atoms with E-state index in [4.69, 9.17) is 0 Å². The zero-order valence-electron chi connectivity index (χ0n) is 12.7. The average Bonchev–Trinajstić information content (AvgIpc) is 2.58. The summed E-state index contributed by atoms with van der Waals surface area (Å²) in [5, 5.41) is 6.37. The van der Waals surface area contributed by atoms with E-state index >= 15 is 0 Å². The SMILES string of the molecule is O=C(CCNc1cccc2cccnc12)Nc1c(F)cccc1F. The van der Waals surface area contributed by atoms with Gasteiger partial charge in [-0.15, -0.1) is 0 Å². The Morgan fingerprint density at radius 3 is 2.50 bits per heavy atom. The number of amides is 1. The summed E-state index contributed by atoms with van der Waals surface area (Å²) in [6.45, 7) is 0.317. The average molecular weight is 327 g/mol. The predicted molar refractivity (Wildman–Crippen MR) is 89.8 cm³/mol. The normalized spacial score (nSPS) is 10.6. The van der Waals surface area contributed by atoms with E-state index in [0.717, 1.165) is 28.7 Å². The lowest BCUT2D eigenvalue weighted by atomic mass is 10.2. The molecule has 122 valence electrons. The first-order chi connectivity index (χ1) is 11.6. The maximum atomic E-state index is 13.5. The molecule has 0 radical (unpaired) electrons. The van der Waals surface area contributed by atoms with Crippen LogP contribution in [-0.2, 0) is 4.79 Å². The van der Waals surface area contributed by atoms with E-state index in [1.54, 1.807) is 6.20 Å². The van der Waals surface area contributed by atoms with Gasteiger partial charge in [0.1, 0.15) is 17.3 Å². The number of rotatable bonds is 5. The third kappa shape index (κ3) is 3.48. The van der Waals surface area contributed by atoms with Crippen LogP contribution in [0, 0.1) is 11.6 Å². The van der Waals surface area contributed by atoms with Gasteiger partial charge < -0.3 is 10.6 Å². The topological polar surface area (TPSA) is 54.0 Å². The number of carbonyl (C=O) groups excluding carboxylic acids is 1. The van der Waals surface area contributed by atoms with Crippen molar-refractivity contribution in [3.63, 3.8) is 0 Å². The molecule has 2 N–H and O–H groups in total. The first kappa shape index (κ1) is 15.9. The smallest absolute Gasteiger partial charge is 0.226 e. The molecule has 1 amide bonds. The number of para-hydroxylation sites is 2. The molecule has 0 saturated carbocycles. The Hall–Kier alpha value is -3.02. The molecular formula is C18H15F2N3O. The predicted octanol–water partition coefficient (Wildman–Crippen LogP) is 3.95. The maximum absolute atomic E-state index is 13.5. The summed E-state index contributed by atoms with van der Waals surface area (Å²) in [7, 11) is 0. The first-order valence-corrected chi connectivity index (χ1v) is 7.46. The summed E-state index contributed by atoms with van der Waals surface area (Å²) in [6.07, 6.45) is 1.76. The van der Waals surface area contributed by atoms with Crippen LogP contribution in [-0.4, -0.2) is 17.4 Å². The summed E-state index contributed by atoms with van der Waals surface area (Å²) in [5.74, 6) is -2.07. The molecular weight excluding hydrogens is 312 g/mol. The molecule has 0 aliphatic heterocycles. The number of carbonyl (C=O) groups is 1. The van der Waals surface area contributed by atoms with Crippen molar-refractivity contribution in [2.45, 2.75) is 6.42 Å². The summed E-state index contributed by atoms with van der Waals surface area (Å²) in [5.41, 5.74) is 1.19. The van der Waals surface area contributed by atoms with Crippen molar-refractivity contribution in [2.24, 2.45) is 0 Å². The van der Waals surface area contributed by atoms with E-state index in [0.29, 0.717) is 6.54 Å². The molecule has 0 bridgehead atoms. The molecule has 6 heteroatoms.